The molecule has 150 valence electrons. The van der Waals surface area contributed by atoms with Gasteiger partial charge in [-0.2, -0.15) is 0 Å². The SMILES string of the molecule is C=CCNC(CCOS(C)=O)C1CCCN(C(=O)OCc2ccccc2)C1. The first-order valence-electron chi connectivity index (χ1n) is 9.36. The van der Waals surface area contributed by atoms with E-state index < -0.39 is 11.1 Å². The van der Waals surface area contributed by atoms with Crippen LogP contribution in [0.5, 0.6) is 0 Å². The number of amides is 1. The number of nitrogens with zero attached hydrogens (tertiary/aromatic N) is 1. The first-order valence-corrected chi connectivity index (χ1v) is 10.8. The number of likely N-dealkylation sites (tertiary alicyclic amines) is 1. The highest BCUT2D eigenvalue weighted by Gasteiger charge is 2.29. The normalized spacial score (nSPS) is 19.3. The van der Waals surface area contributed by atoms with Crippen LogP contribution < -0.4 is 5.32 Å². The number of piperidine rings is 1. The van der Waals surface area contributed by atoms with Crippen LogP contribution in [0, 0.1) is 5.92 Å². The van der Waals surface area contributed by atoms with Crippen LogP contribution in [0.4, 0.5) is 4.79 Å². The van der Waals surface area contributed by atoms with Crippen molar-refractivity contribution < 1.29 is 17.9 Å². The number of benzene rings is 1. The highest BCUT2D eigenvalue weighted by Crippen LogP contribution is 2.22. The molecule has 3 atom stereocenters. The van der Waals surface area contributed by atoms with Crippen LogP contribution >= 0.6 is 0 Å². The van der Waals surface area contributed by atoms with Crippen LogP contribution in [-0.4, -0.2) is 53.7 Å². The van der Waals surface area contributed by atoms with Gasteiger partial charge in [-0.25, -0.2) is 9.00 Å². The van der Waals surface area contributed by atoms with E-state index in [1.165, 1.54) is 6.26 Å². The number of hydrogen-bond acceptors (Lipinski definition) is 5. The Morgan fingerprint density at radius 1 is 1.44 bits per heavy atom. The molecule has 3 unspecified atom stereocenters. The summed E-state index contributed by atoms with van der Waals surface area (Å²) in [4.78, 5) is 14.2. The topological polar surface area (TPSA) is 67.9 Å². The lowest BCUT2D eigenvalue weighted by atomic mass is 9.89. The molecule has 1 fully saturated rings. The van der Waals surface area contributed by atoms with Gasteiger partial charge in [-0.3, -0.25) is 4.18 Å². The number of rotatable bonds is 10. The third-order valence-electron chi connectivity index (χ3n) is 4.69. The van der Waals surface area contributed by atoms with E-state index in [0.29, 0.717) is 32.2 Å². The van der Waals surface area contributed by atoms with E-state index in [-0.39, 0.29) is 18.7 Å². The van der Waals surface area contributed by atoms with Crippen LogP contribution in [0.15, 0.2) is 43.0 Å². The average molecular weight is 395 g/mol. The lowest BCUT2D eigenvalue weighted by Crippen LogP contribution is -2.48. The van der Waals surface area contributed by atoms with Crippen molar-refractivity contribution in [2.45, 2.75) is 31.9 Å². The molecule has 1 amide bonds. The third kappa shape index (κ3) is 7.82. The van der Waals surface area contributed by atoms with Crippen LogP contribution in [-0.2, 0) is 26.6 Å². The molecule has 1 aromatic rings. The van der Waals surface area contributed by atoms with Crippen molar-refractivity contribution in [3.05, 3.63) is 48.6 Å². The predicted molar refractivity (Wildman–Crippen MR) is 108 cm³/mol. The van der Waals surface area contributed by atoms with Crippen molar-refractivity contribution in [1.29, 1.82) is 0 Å². The van der Waals surface area contributed by atoms with Crippen molar-refractivity contribution >= 4 is 17.2 Å². The van der Waals surface area contributed by atoms with Crippen molar-refractivity contribution in [3.8, 4) is 0 Å². The Kier molecular flexibility index (Phi) is 9.52. The van der Waals surface area contributed by atoms with E-state index >= 15 is 0 Å². The van der Waals surface area contributed by atoms with Gasteiger partial charge in [0.15, 0.2) is 11.1 Å². The second-order valence-electron chi connectivity index (χ2n) is 6.70. The number of carbonyl (C=O) groups excluding carboxylic acids is 1. The standard InChI is InChI=1S/C20H30N2O4S/c1-3-12-21-19(11-14-26-27(2)24)18-10-7-13-22(15-18)20(23)25-16-17-8-5-4-6-9-17/h3-6,8-9,18-19,21H,1,7,10-16H2,2H3. The molecule has 1 saturated heterocycles. The maximum absolute atomic E-state index is 12.5. The molecule has 2 rings (SSSR count). The highest BCUT2D eigenvalue weighted by molar-refractivity contribution is 7.79. The molecule has 1 aliphatic heterocycles. The summed E-state index contributed by atoms with van der Waals surface area (Å²) in [6, 6.07) is 9.87. The molecule has 0 aliphatic carbocycles. The largest absolute Gasteiger partial charge is 0.445 e. The van der Waals surface area contributed by atoms with Crippen molar-refractivity contribution in [3.63, 3.8) is 0 Å². The second kappa shape index (κ2) is 11.9. The maximum Gasteiger partial charge on any atom is 0.410 e. The minimum Gasteiger partial charge on any atom is -0.445 e. The van der Waals surface area contributed by atoms with Crippen molar-refractivity contribution in [2.75, 3.05) is 32.5 Å². The lowest BCUT2D eigenvalue weighted by Gasteiger charge is -2.36. The first kappa shape index (κ1) is 21.6. The van der Waals surface area contributed by atoms with Crippen LogP contribution in [0.2, 0.25) is 0 Å². The molecule has 1 aliphatic rings. The van der Waals surface area contributed by atoms with Gasteiger partial charge in [-0.1, -0.05) is 36.4 Å². The fourth-order valence-electron chi connectivity index (χ4n) is 3.35. The average Bonchev–Trinajstić information content (AvgIpc) is 2.69. The molecule has 0 spiro atoms. The second-order valence-corrected chi connectivity index (χ2v) is 7.74. The molecule has 27 heavy (non-hydrogen) atoms. The smallest absolute Gasteiger partial charge is 0.410 e. The van der Waals surface area contributed by atoms with Gasteiger partial charge in [0, 0.05) is 31.9 Å². The Labute approximate surface area is 164 Å². The summed E-state index contributed by atoms with van der Waals surface area (Å²) in [5.74, 6) is 0.303. The summed E-state index contributed by atoms with van der Waals surface area (Å²) in [6.07, 6.45) is 5.80. The van der Waals surface area contributed by atoms with Gasteiger partial charge in [0.2, 0.25) is 0 Å². The molecule has 0 aromatic heterocycles. The summed E-state index contributed by atoms with van der Waals surface area (Å²) in [5, 5.41) is 3.45. The summed E-state index contributed by atoms with van der Waals surface area (Å²) in [7, 11) is 0. The van der Waals surface area contributed by atoms with Gasteiger partial charge < -0.3 is 15.0 Å². The molecule has 0 saturated carbocycles. The van der Waals surface area contributed by atoms with E-state index in [9.17, 15) is 9.00 Å². The monoisotopic (exact) mass is 394 g/mol. The fraction of sp³-hybridized carbons (Fsp3) is 0.550. The molecule has 1 aromatic carbocycles. The maximum atomic E-state index is 12.5. The van der Waals surface area contributed by atoms with E-state index in [4.69, 9.17) is 8.92 Å². The summed E-state index contributed by atoms with van der Waals surface area (Å²) in [5.41, 5.74) is 0.981. The van der Waals surface area contributed by atoms with Gasteiger partial charge in [0.1, 0.15) is 6.61 Å². The van der Waals surface area contributed by atoms with Gasteiger partial charge >= 0.3 is 6.09 Å². The number of nitrogens with one attached hydrogen (secondary N) is 1. The van der Waals surface area contributed by atoms with E-state index in [2.05, 4.69) is 11.9 Å². The third-order valence-corrected chi connectivity index (χ3v) is 5.19. The van der Waals surface area contributed by atoms with Crippen LogP contribution in [0.25, 0.3) is 0 Å². The zero-order valence-corrected chi connectivity index (χ0v) is 16.8. The number of hydrogen-bond donors (Lipinski definition) is 1. The van der Waals surface area contributed by atoms with E-state index in [1.807, 2.05) is 36.4 Å². The molecule has 7 heteroatoms. The molecule has 6 nitrogen and oxygen atoms in total. The molecule has 0 radical (unpaired) electrons. The molecular formula is C20H30N2O4S. The predicted octanol–water partition coefficient (Wildman–Crippen LogP) is 2.88. The van der Waals surface area contributed by atoms with E-state index in [1.54, 1.807) is 4.90 Å². The Morgan fingerprint density at radius 3 is 2.93 bits per heavy atom. The molecular weight excluding hydrogens is 364 g/mol. The molecule has 1 heterocycles. The van der Waals surface area contributed by atoms with E-state index in [0.717, 1.165) is 24.8 Å². The summed E-state index contributed by atoms with van der Waals surface area (Å²) >= 11 is -1.26. The minimum absolute atomic E-state index is 0.177. The van der Waals surface area contributed by atoms with Crippen LogP contribution in [0.3, 0.4) is 0 Å². The van der Waals surface area contributed by atoms with Gasteiger partial charge in [0.25, 0.3) is 0 Å². The fourth-order valence-corrected chi connectivity index (χ4v) is 3.68. The molecule has 0 bridgehead atoms. The summed E-state index contributed by atoms with van der Waals surface area (Å²) in [6.45, 7) is 6.52. The Morgan fingerprint density at radius 2 is 2.22 bits per heavy atom. The Bertz CT molecular complexity index is 611. The zero-order valence-electron chi connectivity index (χ0n) is 16.0. The quantitative estimate of drug-likeness (QED) is 0.618. The number of carbonyl (C=O) groups is 1. The minimum atomic E-state index is -1.26. The van der Waals surface area contributed by atoms with Crippen LogP contribution in [0.1, 0.15) is 24.8 Å². The van der Waals surface area contributed by atoms with Gasteiger partial charge in [0.05, 0.1) is 6.61 Å². The van der Waals surface area contributed by atoms with Crippen molar-refractivity contribution in [2.24, 2.45) is 5.92 Å². The summed E-state index contributed by atoms with van der Waals surface area (Å²) < 4.78 is 21.8. The Balaban J connectivity index is 1.87. The Hall–Kier alpha value is -1.70. The lowest BCUT2D eigenvalue weighted by molar-refractivity contribution is 0.0721. The highest BCUT2D eigenvalue weighted by atomic mass is 32.2. The van der Waals surface area contributed by atoms with Gasteiger partial charge in [-0.15, -0.1) is 6.58 Å². The zero-order chi connectivity index (χ0) is 19.5. The molecule has 1 N–H and O–H groups in total. The van der Waals surface area contributed by atoms with Crippen molar-refractivity contribution in [1.82, 2.24) is 10.2 Å². The van der Waals surface area contributed by atoms with Gasteiger partial charge in [-0.05, 0) is 30.7 Å². The number of ether oxygens (including phenoxy) is 1. The first-order chi connectivity index (χ1) is 13.1.